The molecule has 0 amide bonds. The van der Waals surface area contributed by atoms with Gasteiger partial charge in [-0.1, -0.05) is 0 Å². The summed E-state index contributed by atoms with van der Waals surface area (Å²) in [5, 5.41) is 0. The van der Waals surface area contributed by atoms with Gasteiger partial charge < -0.3 is 14.1 Å². The molecule has 0 aliphatic rings. The second-order valence-corrected chi connectivity index (χ2v) is 3.50. The molecule has 0 rings (SSSR count). The molecule has 15 heavy (non-hydrogen) atoms. The molecule has 0 spiro atoms. The molecule has 0 saturated carbocycles. The molecule has 4 nitrogen and oxygen atoms in total. The molecule has 0 aliphatic heterocycles. The van der Waals surface area contributed by atoms with Crippen LogP contribution in [-0.4, -0.2) is 39.9 Å². The summed E-state index contributed by atoms with van der Waals surface area (Å²) in [5.74, 6) is -0.535. The summed E-state index contributed by atoms with van der Waals surface area (Å²) in [6, 6.07) is 0. The van der Waals surface area contributed by atoms with Gasteiger partial charge in [-0.2, -0.15) is 0 Å². The van der Waals surface area contributed by atoms with Gasteiger partial charge in [0.05, 0.1) is 20.2 Å². The molecular formula is C8H14B2O4P. The highest BCUT2D eigenvalue weighted by molar-refractivity contribution is 7.09. The summed E-state index contributed by atoms with van der Waals surface area (Å²) >= 11 is 0. The maximum atomic E-state index is 11.1. The molecule has 0 aromatic heterocycles. The minimum atomic E-state index is -0.388. The van der Waals surface area contributed by atoms with Crippen LogP contribution in [0.4, 0.5) is 0 Å². The molecule has 0 N–H and O–H groups in total. The molecule has 3 radical (unpaired) electrons. The first-order valence-corrected chi connectivity index (χ1v) is 5.09. The van der Waals surface area contributed by atoms with Crippen molar-refractivity contribution < 1.29 is 18.8 Å². The molecule has 0 saturated heterocycles. The van der Waals surface area contributed by atoms with E-state index in [-0.39, 0.29) is 37.0 Å². The third-order valence-electron chi connectivity index (χ3n) is 1.72. The van der Waals surface area contributed by atoms with Crippen LogP contribution in [0.2, 0.25) is 5.82 Å². The third-order valence-corrected chi connectivity index (χ3v) is 1.91. The van der Waals surface area contributed by atoms with Crippen molar-refractivity contribution in [2.75, 3.05) is 13.2 Å². The molecule has 0 aliphatic carbocycles. The highest BCUT2D eigenvalue weighted by Crippen LogP contribution is 2.06. The van der Waals surface area contributed by atoms with E-state index in [1.54, 1.807) is 0 Å². The molecule has 0 aromatic carbocycles. The van der Waals surface area contributed by atoms with Gasteiger partial charge in [0, 0.05) is 30.2 Å². The third kappa shape index (κ3) is 8.64. The van der Waals surface area contributed by atoms with Crippen molar-refractivity contribution in [1.82, 2.24) is 0 Å². The van der Waals surface area contributed by atoms with E-state index >= 15 is 0 Å². The predicted molar refractivity (Wildman–Crippen MR) is 61.8 cm³/mol. The molecule has 0 bridgehead atoms. The van der Waals surface area contributed by atoms with Crippen LogP contribution < -0.4 is 0 Å². The molecular weight excluding hydrogens is 213 g/mol. The van der Waals surface area contributed by atoms with Gasteiger partial charge in [0.15, 0.2) is 0 Å². The number of ketones is 1. The van der Waals surface area contributed by atoms with Crippen LogP contribution in [0.1, 0.15) is 19.8 Å². The average Bonchev–Trinajstić information content (AvgIpc) is 2.21. The van der Waals surface area contributed by atoms with Gasteiger partial charge in [-0.05, 0) is 12.7 Å². The van der Waals surface area contributed by atoms with Gasteiger partial charge in [0.25, 0.3) is 0 Å². The number of ether oxygens (including phenoxy) is 1. The first kappa shape index (κ1) is 14.7. The molecule has 81 valence electrons. The van der Waals surface area contributed by atoms with Crippen molar-refractivity contribution >= 4 is 36.1 Å². The Labute approximate surface area is 94.4 Å². The SMILES string of the molecule is [B][B][C@H](COP)COC(=O)CCC(C)=O. The van der Waals surface area contributed by atoms with E-state index in [2.05, 4.69) is 9.47 Å². The summed E-state index contributed by atoms with van der Waals surface area (Å²) in [6.45, 7) is 1.99. The van der Waals surface area contributed by atoms with Crippen molar-refractivity contribution in [1.29, 1.82) is 0 Å². The molecule has 2 atom stereocenters. The van der Waals surface area contributed by atoms with Gasteiger partial charge in [-0.3, -0.25) is 4.79 Å². The number of hydrogen-bond donors (Lipinski definition) is 0. The second-order valence-electron chi connectivity index (χ2n) is 3.17. The van der Waals surface area contributed by atoms with Gasteiger partial charge in [0.2, 0.25) is 0 Å². The van der Waals surface area contributed by atoms with Gasteiger partial charge in [-0.15, -0.1) is 0 Å². The van der Waals surface area contributed by atoms with Crippen LogP contribution in [0.15, 0.2) is 0 Å². The lowest BCUT2D eigenvalue weighted by molar-refractivity contribution is -0.144. The Morgan fingerprint density at radius 1 is 1.40 bits per heavy atom. The Morgan fingerprint density at radius 3 is 2.53 bits per heavy atom. The number of carbonyl (C=O) groups excluding carboxylic acids is 2. The van der Waals surface area contributed by atoms with E-state index in [4.69, 9.17) is 17.0 Å². The van der Waals surface area contributed by atoms with E-state index in [1.165, 1.54) is 14.1 Å². The number of esters is 1. The Bertz CT molecular complexity index is 213. The maximum absolute atomic E-state index is 11.1. The number of hydrogen-bond acceptors (Lipinski definition) is 4. The van der Waals surface area contributed by atoms with Crippen LogP contribution >= 0.6 is 9.47 Å². The topological polar surface area (TPSA) is 52.6 Å². The van der Waals surface area contributed by atoms with Gasteiger partial charge >= 0.3 is 5.97 Å². The lowest BCUT2D eigenvalue weighted by Crippen LogP contribution is -2.18. The average molecular weight is 227 g/mol. The normalized spacial score (nSPS) is 11.9. The van der Waals surface area contributed by atoms with Crippen molar-refractivity contribution in [3.63, 3.8) is 0 Å². The lowest BCUT2D eigenvalue weighted by atomic mass is 9.48. The zero-order valence-corrected chi connectivity index (χ0v) is 9.93. The number of rotatable bonds is 8. The van der Waals surface area contributed by atoms with E-state index < -0.39 is 0 Å². The molecule has 0 aromatic rings. The summed E-state index contributed by atoms with van der Waals surface area (Å²) in [7, 11) is 8.83. The van der Waals surface area contributed by atoms with Crippen LogP contribution in [0.25, 0.3) is 0 Å². The highest BCUT2D eigenvalue weighted by atomic mass is 31.0. The van der Waals surface area contributed by atoms with Crippen LogP contribution in [0, 0.1) is 0 Å². The Balaban J connectivity index is 3.63. The van der Waals surface area contributed by atoms with Crippen molar-refractivity contribution in [3.05, 3.63) is 0 Å². The Morgan fingerprint density at radius 2 is 2.07 bits per heavy atom. The fourth-order valence-electron chi connectivity index (χ4n) is 0.833. The summed E-state index contributed by atoms with van der Waals surface area (Å²) < 4.78 is 9.69. The zero-order chi connectivity index (χ0) is 11.7. The van der Waals surface area contributed by atoms with Crippen LogP contribution in [0.5, 0.6) is 0 Å². The fourth-order valence-corrected chi connectivity index (χ4v) is 1.08. The van der Waals surface area contributed by atoms with E-state index in [1.807, 2.05) is 0 Å². The Hall–Kier alpha value is -0.340. The summed E-state index contributed by atoms with van der Waals surface area (Å²) in [6.07, 6.45) is 0.338. The summed E-state index contributed by atoms with van der Waals surface area (Å²) in [4.78, 5) is 21.7. The van der Waals surface area contributed by atoms with E-state index in [9.17, 15) is 9.59 Å². The van der Waals surface area contributed by atoms with E-state index in [0.717, 1.165) is 0 Å². The van der Waals surface area contributed by atoms with E-state index in [0.29, 0.717) is 6.61 Å². The quantitative estimate of drug-likeness (QED) is 0.339. The molecule has 7 heteroatoms. The van der Waals surface area contributed by atoms with Crippen molar-refractivity contribution in [2.24, 2.45) is 0 Å². The molecule has 1 unspecified atom stereocenters. The van der Waals surface area contributed by atoms with Crippen LogP contribution in [-0.2, 0) is 18.8 Å². The Kier molecular flexibility index (Phi) is 8.73. The summed E-state index contributed by atoms with van der Waals surface area (Å²) in [5.41, 5.74) is 0. The zero-order valence-electron chi connectivity index (χ0n) is 8.77. The fraction of sp³-hybridized carbons (Fsp3) is 0.750. The minimum Gasteiger partial charge on any atom is -0.466 e. The highest BCUT2D eigenvalue weighted by Gasteiger charge is 2.10. The lowest BCUT2D eigenvalue weighted by Gasteiger charge is -2.13. The van der Waals surface area contributed by atoms with Gasteiger partial charge in [-0.25, -0.2) is 0 Å². The van der Waals surface area contributed by atoms with Crippen molar-refractivity contribution in [2.45, 2.75) is 25.6 Å². The minimum absolute atomic E-state index is 0.0258. The molecule has 0 fully saturated rings. The standard InChI is InChI=1S/C8H14B2O4P/c1-6(11)2-3-8(12)13-4-7(10-9)5-14-15/h7H,2-5,15H2,1H3/t7-/m0/s1. The first-order valence-electron chi connectivity index (χ1n) is 4.62. The maximum Gasteiger partial charge on any atom is 0.306 e. The first-order chi connectivity index (χ1) is 7.10. The number of Topliss-reactive ketones (excluding diaryl/α,β-unsaturated/α-hetero) is 1. The second kappa shape index (κ2) is 8.93. The monoisotopic (exact) mass is 227 g/mol. The predicted octanol–water partition coefficient (Wildman–Crippen LogP) is 0.282. The largest absolute Gasteiger partial charge is 0.466 e. The van der Waals surface area contributed by atoms with Crippen molar-refractivity contribution in [3.8, 4) is 0 Å². The van der Waals surface area contributed by atoms with Gasteiger partial charge in [0.1, 0.15) is 5.78 Å². The molecule has 0 heterocycles. The number of carbonyl (C=O) groups is 2. The smallest absolute Gasteiger partial charge is 0.306 e. The van der Waals surface area contributed by atoms with Crippen LogP contribution in [0.3, 0.4) is 0 Å².